The van der Waals surface area contributed by atoms with Crippen LogP contribution in [0.4, 0.5) is 0 Å². The third-order valence-corrected chi connectivity index (χ3v) is 4.44. The fourth-order valence-electron chi connectivity index (χ4n) is 1.84. The van der Waals surface area contributed by atoms with Crippen molar-refractivity contribution >= 4 is 45.8 Å². The number of benzene rings is 1. The van der Waals surface area contributed by atoms with E-state index in [0.29, 0.717) is 17.1 Å². The highest BCUT2D eigenvalue weighted by Crippen LogP contribution is 2.29. The summed E-state index contributed by atoms with van der Waals surface area (Å²) < 4.78 is 0.720. The Hall–Kier alpha value is -0.290. The van der Waals surface area contributed by atoms with Gasteiger partial charge in [-0.3, -0.25) is 4.79 Å². The van der Waals surface area contributed by atoms with Crippen molar-refractivity contribution in [2.75, 3.05) is 6.54 Å². The largest absolute Gasteiger partial charge is 0.350 e. The summed E-state index contributed by atoms with van der Waals surface area (Å²) in [5, 5.41) is 3.28. The number of nitrogens with two attached hydrogens (primary N) is 1. The van der Waals surface area contributed by atoms with Gasteiger partial charge in [-0.15, -0.1) is 12.4 Å². The molecule has 1 aromatic rings. The van der Waals surface area contributed by atoms with Crippen molar-refractivity contribution in [3.05, 3.63) is 33.3 Å². The Bertz CT molecular complexity index is 450. The summed E-state index contributed by atoms with van der Waals surface area (Å²) in [6, 6.07) is 5.29. The summed E-state index contributed by atoms with van der Waals surface area (Å²) in [6.07, 6.45) is 3.09. The SMILES string of the molecule is Cl.NC1(CNC(=O)c2cccc(Br)c2Cl)CCC1. The lowest BCUT2D eigenvalue weighted by Gasteiger charge is -2.38. The zero-order valence-corrected chi connectivity index (χ0v) is 12.9. The van der Waals surface area contributed by atoms with Crippen LogP contribution in [-0.2, 0) is 0 Å². The molecule has 0 radical (unpaired) electrons. The van der Waals surface area contributed by atoms with Crippen LogP contribution in [0.5, 0.6) is 0 Å². The molecule has 1 aliphatic carbocycles. The van der Waals surface area contributed by atoms with Gasteiger partial charge in [-0.25, -0.2) is 0 Å². The Morgan fingerprint density at radius 1 is 1.50 bits per heavy atom. The molecule has 0 aliphatic heterocycles. The second-order valence-electron chi connectivity index (χ2n) is 4.50. The summed E-state index contributed by atoms with van der Waals surface area (Å²) in [7, 11) is 0. The maximum Gasteiger partial charge on any atom is 0.252 e. The molecule has 3 N–H and O–H groups in total. The van der Waals surface area contributed by atoms with Crippen LogP contribution < -0.4 is 11.1 Å². The van der Waals surface area contributed by atoms with Crippen molar-refractivity contribution in [1.82, 2.24) is 5.32 Å². The Balaban J connectivity index is 0.00000162. The topological polar surface area (TPSA) is 55.1 Å². The molecular weight excluding hydrogens is 339 g/mol. The molecule has 100 valence electrons. The first-order valence-electron chi connectivity index (χ1n) is 5.53. The van der Waals surface area contributed by atoms with Crippen molar-refractivity contribution in [3.63, 3.8) is 0 Å². The fraction of sp³-hybridized carbons (Fsp3) is 0.417. The van der Waals surface area contributed by atoms with E-state index in [1.54, 1.807) is 18.2 Å². The van der Waals surface area contributed by atoms with Crippen LogP contribution in [0.3, 0.4) is 0 Å². The molecule has 1 aliphatic rings. The number of halogens is 3. The van der Waals surface area contributed by atoms with Crippen LogP contribution in [0, 0.1) is 0 Å². The fourth-order valence-corrected chi connectivity index (χ4v) is 2.42. The Morgan fingerprint density at radius 2 is 2.17 bits per heavy atom. The van der Waals surface area contributed by atoms with Crippen molar-refractivity contribution in [1.29, 1.82) is 0 Å². The average Bonchev–Trinajstić information content (AvgIpc) is 2.27. The van der Waals surface area contributed by atoms with Gasteiger partial charge in [0.05, 0.1) is 10.6 Å². The van der Waals surface area contributed by atoms with Gasteiger partial charge in [0, 0.05) is 16.6 Å². The van der Waals surface area contributed by atoms with E-state index in [-0.39, 0.29) is 23.9 Å². The van der Waals surface area contributed by atoms with Gasteiger partial charge in [-0.1, -0.05) is 17.7 Å². The molecule has 2 rings (SSSR count). The van der Waals surface area contributed by atoms with Crippen LogP contribution in [0.2, 0.25) is 5.02 Å². The Labute approximate surface area is 126 Å². The van der Waals surface area contributed by atoms with Gasteiger partial charge in [0.1, 0.15) is 0 Å². The highest BCUT2D eigenvalue weighted by atomic mass is 79.9. The third kappa shape index (κ3) is 3.38. The molecule has 0 unspecified atom stereocenters. The Kier molecular flexibility index (Phi) is 5.46. The van der Waals surface area contributed by atoms with Gasteiger partial charge < -0.3 is 11.1 Å². The number of hydrogen-bond acceptors (Lipinski definition) is 2. The lowest BCUT2D eigenvalue weighted by Crippen LogP contribution is -2.54. The molecule has 0 spiro atoms. The number of amides is 1. The highest BCUT2D eigenvalue weighted by Gasteiger charge is 2.32. The van der Waals surface area contributed by atoms with E-state index in [0.717, 1.165) is 23.7 Å². The van der Waals surface area contributed by atoms with E-state index in [4.69, 9.17) is 17.3 Å². The van der Waals surface area contributed by atoms with Crippen LogP contribution >= 0.6 is 39.9 Å². The number of nitrogens with one attached hydrogen (secondary N) is 1. The van der Waals surface area contributed by atoms with E-state index in [2.05, 4.69) is 21.2 Å². The van der Waals surface area contributed by atoms with Gasteiger partial charge in [0.15, 0.2) is 0 Å². The maximum atomic E-state index is 11.9. The molecule has 0 aromatic heterocycles. The van der Waals surface area contributed by atoms with Crippen LogP contribution in [0.15, 0.2) is 22.7 Å². The van der Waals surface area contributed by atoms with Crippen LogP contribution in [0.25, 0.3) is 0 Å². The van der Waals surface area contributed by atoms with Crippen molar-refractivity contribution in [2.45, 2.75) is 24.8 Å². The second kappa shape index (κ2) is 6.24. The van der Waals surface area contributed by atoms with Gasteiger partial charge >= 0.3 is 0 Å². The maximum absolute atomic E-state index is 11.9. The summed E-state index contributed by atoms with van der Waals surface area (Å²) in [5.74, 6) is -0.173. The van der Waals surface area contributed by atoms with Crippen molar-refractivity contribution in [2.24, 2.45) is 5.73 Å². The molecule has 0 heterocycles. The molecule has 18 heavy (non-hydrogen) atoms. The summed E-state index contributed by atoms with van der Waals surface area (Å²) in [5.41, 5.74) is 6.30. The van der Waals surface area contributed by atoms with E-state index in [9.17, 15) is 4.79 Å². The molecule has 1 saturated carbocycles. The van der Waals surface area contributed by atoms with E-state index in [1.165, 1.54) is 0 Å². The zero-order valence-electron chi connectivity index (χ0n) is 9.71. The minimum absolute atomic E-state index is 0. The monoisotopic (exact) mass is 352 g/mol. The van der Waals surface area contributed by atoms with E-state index >= 15 is 0 Å². The number of hydrogen-bond donors (Lipinski definition) is 2. The minimum atomic E-state index is -0.214. The zero-order chi connectivity index (χ0) is 12.5. The molecular formula is C12H15BrCl2N2O. The summed E-state index contributed by atoms with van der Waals surface area (Å²) in [4.78, 5) is 11.9. The molecule has 1 amide bonds. The summed E-state index contributed by atoms with van der Waals surface area (Å²) in [6.45, 7) is 0.509. The molecule has 0 saturated heterocycles. The van der Waals surface area contributed by atoms with Crippen molar-refractivity contribution in [3.8, 4) is 0 Å². The predicted molar refractivity (Wildman–Crippen MR) is 79.5 cm³/mol. The average molecular weight is 354 g/mol. The van der Waals surface area contributed by atoms with E-state index < -0.39 is 0 Å². The van der Waals surface area contributed by atoms with Gasteiger partial charge in [0.2, 0.25) is 0 Å². The molecule has 0 bridgehead atoms. The number of carbonyl (C=O) groups excluding carboxylic acids is 1. The van der Waals surface area contributed by atoms with E-state index in [1.807, 2.05) is 0 Å². The van der Waals surface area contributed by atoms with Gasteiger partial charge in [0.25, 0.3) is 5.91 Å². The Morgan fingerprint density at radius 3 is 2.72 bits per heavy atom. The molecule has 1 fully saturated rings. The molecule has 1 aromatic carbocycles. The molecule has 0 atom stereocenters. The van der Waals surface area contributed by atoms with Crippen LogP contribution in [-0.4, -0.2) is 18.0 Å². The predicted octanol–water partition coefficient (Wildman–Crippen LogP) is 3.14. The standard InChI is InChI=1S/C12H14BrClN2O.ClH/c13-9-4-1-3-8(10(9)14)11(17)16-7-12(15)5-2-6-12;/h1,3-4H,2,5-7,15H2,(H,16,17);1H. The van der Waals surface area contributed by atoms with Gasteiger partial charge in [-0.2, -0.15) is 0 Å². The van der Waals surface area contributed by atoms with Crippen LogP contribution in [0.1, 0.15) is 29.6 Å². The molecule has 6 heteroatoms. The van der Waals surface area contributed by atoms with Gasteiger partial charge in [-0.05, 0) is 47.3 Å². The first-order chi connectivity index (χ1) is 8.02. The lowest BCUT2D eigenvalue weighted by molar-refractivity contribution is 0.0930. The highest BCUT2D eigenvalue weighted by molar-refractivity contribution is 9.10. The summed E-state index contributed by atoms with van der Waals surface area (Å²) >= 11 is 9.34. The lowest BCUT2D eigenvalue weighted by atomic mass is 9.78. The second-order valence-corrected chi connectivity index (χ2v) is 5.73. The number of rotatable bonds is 3. The first-order valence-corrected chi connectivity index (χ1v) is 6.70. The first kappa shape index (κ1) is 15.8. The normalized spacial score (nSPS) is 16.4. The smallest absolute Gasteiger partial charge is 0.252 e. The third-order valence-electron chi connectivity index (χ3n) is 3.15. The molecule has 3 nitrogen and oxygen atoms in total. The quantitative estimate of drug-likeness (QED) is 0.877. The van der Waals surface area contributed by atoms with Crippen molar-refractivity contribution < 1.29 is 4.79 Å². The number of carbonyl (C=O) groups is 1. The minimum Gasteiger partial charge on any atom is -0.350 e.